The molecule has 0 saturated carbocycles. The van der Waals surface area contributed by atoms with Crippen LogP contribution in [0.1, 0.15) is 30.2 Å². The van der Waals surface area contributed by atoms with Crippen LogP contribution < -0.4 is 5.32 Å². The van der Waals surface area contributed by atoms with Gasteiger partial charge in [0.15, 0.2) is 0 Å². The fourth-order valence-corrected chi connectivity index (χ4v) is 3.67. The summed E-state index contributed by atoms with van der Waals surface area (Å²) in [7, 11) is 0. The Morgan fingerprint density at radius 1 is 1.41 bits per heavy atom. The van der Waals surface area contributed by atoms with Gasteiger partial charge in [0.25, 0.3) is 0 Å². The van der Waals surface area contributed by atoms with E-state index in [0.29, 0.717) is 25.6 Å². The van der Waals surface area contributed by atoms with E-state index in [2.05, 4.69) is 37.8 Å². The van der Waals surface area contributed by atoms with Gasteiger partial charge in [-0.15, -0.1) is 11.3 Å². The molecule has 7 heteroatoms. The van der Waals surface area contributed by atoms with E-state index in [4.69, 9.17) is 0 Å². The largest absolute Gasteiger partial charge is 0.354 e. The summed E-state index contributed by atoms with van der Waals surface area (Å²) in [5.74, 6) is 0.0660. The third kappa shape index (κ3) is 3.92. The van der Waals surface area contributed by atoms with E-state index in [1.54, 1.807) is 22.3 Å². The van der Waals surface area contributed by atoms with Crippen molar-refractivity contribution in [3.05, 3.63) is 35.0 Å². The average Bonchev–Trinajstić information content (AvgIpc) is 3.27. The van der Waals surface area contributed by atoms with Crippen molar-refractivity contribution >= 4 is 17.2 Å². The van der Waals surface area contributed by atoms with Crippen molar-refractivity contribution in [1.29, 1.82) is 0 Å². The van der Waals surface area contributed by atoms with Gasteiger partial charge < -0.3 is 5.32 Å². The van der Waals surface area contributed by atoms with Crippen LogP contribution in [0.4, 0.5) is 0 Å². The molecule has 1 fully saturated rings. The molecule has 6 nitrogen and oxygen atoms in total. The molecule has 22 heavy (non-hydrogen) atoms. The summed E-state index contributed by atoms with van der Waals surface area (Å²) < 4.78 is 1.68. The Balaban J connectivity index is 1.51. The number of likely N-dealkylation sites (tertiary alicyclic amines) is 1. The second-order valence-electron chi connectivity index (χ2n) is 5.49. The van der Waals surface area contributed by atoms with Gasteiger partial charge in [-0.3, -0.25) is 14.4 Å². The van der Waals surface area contributed by atoms with Gasteiger partial charge in [-0.05, 0) is 37.4 Å². The van der Waals surface area contributed by atoms with Gasteiger partial charge in [-0.2, -0.15) is 5.10 Å². The molecule has 0 bridgehead atoms. The summed E-state index contributed by atoms with van der Waals surface area (Å²) in [6, 6.07) is 4.54. The lowest BCUT2D eigenvalue weighted by molar-refractivity contribution is -0.121. The van der Waals surface area contributed by atoms with Crippen LogP contribution in [0.2, 0.25) is 0 Å². The zero-order valence-corrected chi connectivity index (χ0v) is 13.3. The Kier molecular flexibility index (Phi) is 5.18. The van der Waals surface area contributed by atoms with Crippen LogP contribution in [-0.2, 0) is 11.3 Å². The number of nitrogens with one attached hydrogen (secondary N) is 1. The van der Waals surface area contributed by atoms with Crippen LogP contribution in [0.25, 0.3) is 0 Å². The van der Waals surface area contributed by atoms with Crippen LogP contribution >= 0.6 is 11.3 Å². The Labute approximate surface area is 134 Å². The maximum absolute atomic E-state index is 12.0. The molecule has 0 aromatic carbocycles. The first-order chi connectivity index (χ1) is 10.8. The van der Waals surface area contributed by atoms with Gasteiger partial charge in [-0.1, -0.05) is 6.07 Å². The predicted octanol–water partition coefficient (Wildman–Crippen LogP) is 1.68. The molecule has 2 aromatic rings. The molecule has 0 radical (unpaired) electrons. The van der Waals surface area contributed by atoms with Crippen molar-refractivity contribution in [3.8, 4) is 0 Å². The molecule has 1 unspecified atom stereocenters. The van der Waals surface area contributed by atoms with Crippen molar-refractivity contribution in [2.45, 2.75) is 31.8 Å². The van der Waals surface area contributed by atoms with Crippen molar-refractivity contribution in [2.24, 2.45) is 0 Å². The van der Waals surface area contributed by atoms with Gasteiger partial charge in [-0.25, -0.2) is 4.98 Å². The maximum atomic E-state index is 12.0. The van der Waals surface area contributed by atoms with Crippen LogP contribution in [0, 0.1) is 0 Å². The Bertz CT molecular complexity index is 563. The number of nitrogens with zero attached hydrogens (tertiary/aromatic N) is 4. The minimum atomic E-state index is 0.0660. The number of hydrogen-bond donors (Lipinski definition) is 1. The molecule has 1 amide bonds. The molecule has 1 aliphatic heterocycles. The maximum Gasteiger partial charge on any atom is 0.221 e. The number of thiophene rings is 1. The monoisotopic (exact) mass is 319 g/mol. The number of aromatic nitrogens is 3. The van der Waals surface area contributed by atoms with Gasteiger partial charge in [0, 0.05) is 17.8 Å². The van der Waals surface area contributed by atoms with E-state index in [1.165, 1.54) is 24.0 Å². The van der Waals surface area contributed by atoms with Gasteiger partial charge >= 0.3 is 0 Å². The van der Waals surface area contributed by atoms with Crippen molar-refractivity contribution in [1.82, 2.24) is 25.0 Å². The first-order valence-corrected chi connectivity index (χ1v) is 8.57. The molecular weight excluding hydrogens is 298 g/mol. The molecular formula is C15H21N5OS. The van der Waals surface area contributed by atoms with E-state index in [9.17, 15) is 4.79 Å². The molecule has 2 aromatic heterocycles. The number of rotatable bonds is 7. The number of aryl methyl sites for hydroxylation is 1. The van der Waals surface area contributed by atoms with E-state index in [1.807, 2.05) is 0 Å². The summed E-state index contributed by atoms with van der Waals surface area (Å²) in [6.45, 7) is 3.49. The highest BCUT2D eigenvalue weighted by Crippen LogP contribution is 2.27. The first-order valence-electron chi connectivity index (χ1n) is 7.69. The second kappa shape index (κ2) is 7.51. The number of hydrogen-bond acceptors (Lipinski definition) is 5. The highest BCUT2D eigenvalue weighted by atomic mass is 32.1. The Morgan fingerprint density at radius 3 is 2.95 bits per heavy atom. The number of amides is 1. The fourth-order valence-electron chi connectivity index (χ4n) is 2.81. The second-order valence-corrected chi connectivity index (χ2v) is 6.47. The first kappa shape index (κ1) is 15.2. The quantitative estimate of drug-likeness (QED) is 0.843. The summed E-state index contributed by atoms with van der Waals surface area (Å²) in [6.07, 6.45) is 6.05. The van der Waals surface area contributed by atoms with E-state index < -0.39 is 0 Å². The minimum Gasteiger partial charge on any atom is -0.354 e. The van der Waals surface area contributed by atoms with Crippen LogP contribution in [0.15, 0.2) is 30.2 Å². The normalized spacial score (nSPS) is 16.7. The summed E-state index contributed by atoms with van der Waals surface area (Å²) >= 11 is 1.77. The Morgan fingerprint density at radius 2 is 2.27 bits per heavy atom. The predicted molar refractivity (Wildman–Crippen MR) is 85.5 cm³/mol. The molecule has 1 saturated heterocycles. The number of carbonyl (C=O) groups excluding carboxylic acids is 1. The molecule has 118 valence electrons. The van der Waals surface area contributed by atoms with Gasteiger partial charge in [0.2, 0.25) is 5.91 Å². The summed E-state index contributed by atoms with van der Waals surface area (Å²) in [4.78, 5) is 19.7. The van der Waals surface area contributed by atoms with Gasteiger partial charge in [0.1, 0.15) is 12.7 Å². The van der Waals surface area contributed by atoms with Gasteiger partial charge in [0.05, 0.1) is 12.6 Å². The third-order valence-corrected chi connectivity index (χ3v) is 4.95. The van der Waals surface area contributed by atoms with E-state index >= 15 is 0 Å². The highest BCUT2D eigenvalue weighted by Gasteiger charge is 2.24. The standard InChI is InChI=1S/C15H21N5OS/c21-15(5-8-20-12-16-11-18-20)17-10-13(14-4-3-9-22-14)19-6-1-2-7-19/h3-4,9,11-13H,1-2,5-8,10H2,(H,17,21). The Hall–Kier alpha value is -1.73. The molecule has 3 rings (SSSR count). The van der Waals surface area contributed by atoms with E-state index in [0.717, 1.165) is 13.1 Å². The minimum absolute atomic E-state index is 0.0660. The van der Waals surface area contributed by atoms with Crippen molar-refractivity contribution in [2.75, 3.05) is 19.6 Å². The molecule has 3 heterocycles. The molecule has 1 N–H and O–H groups in total. The fraction of sp³-hybridized carbons (Fsp3) is 0.533. The molecule has 0 spiro atoms. The molecule has 1 atom stereocenters. The van der Waals surface area contributed by atoms with Crippen LogP contribution in [0.3, 0.4) is 0 Å². The summed E-state index contributed by atoms with van der Waals surface area (Å²) in [5.41, 5.74) is 0. The third-order valence-electron chi connectivity index (χ3n) is 3.98. The lowest BCUT2D eigenvalue weighted by Gasteiger charge is -2.26. The van der Waals surface area contributed by atoms with E-state index in [-0.39, 0.29) is 5.91 Å². The summed E-state index contributed by atoms with van der Waals surface area (Å²) in [5, 5.41) is 9.18. The SMILES string of the molecule is O=C(CCn1cncn1)NCC(c1cccs1)N1CCCC1. The average molecular weight is 319 g/mol. The molecule has 1 aliphatic rings. The number of carbonyl (C=O) groups is 1. The lowest BCUT2D eigenvalue weighted by atomic mass is 10.2. The topological polar surface area (TPSA) is 63.1 Å². The zero-order chi connectivity index (χ0) is 15.2. The smallest absolute Gasteiger partial charge is 0.221 e. The zero-order valence-electron chi connectivity index (χ0n) is 12.5. The highest BCUT2D eigenvalue weighted by molar-refractivity contribution is 7.10. The van der Waals surface area contributed by atoms with Crippen molar-refractivity contribution in [3.63, 3.8) is 0 Å². The van der Waals surface area contributed by atoms with Crippen molar-refractivity contribution < 1.29 is 4.79 Å². The lowest BCUT2D eigenvalue weighted by Crippen LogP contribution is -2.36. The molecule has 0 aliphatic carbocycles. The van der Waals surface area contributed by atoms with Crippen LogP contribution in [-0.4, -0.2) is 45.2 Å². The van der Waals surface area contributed by atoms with Crippen LogP contribution in [0.5, 0.6) is 0 Å².